The topological polar surface area (TPSA) is 43.8 Å². The van der Waals surface area contributed by atoms with Gasteiger partial charge in [0.25, 0.3) is 0 Å². The van der Waals surface area contributed by atoms with E-state index >= 15 is 0 Å². The molecular formula is C17H26N2O2. The lowest BCUT2D eigenvalue weighted by atomic mass is 9.82. The molecule has 1 N–H and O–H groups in total. The maximum Gasteiger partial charge on any atom is 0.236 e. The number of benzene rings is 1. The first-order chi connectivity index (χ1) is 9.95. The van der Waals surface area contributed by atoms with Crippen LogP contribution in [0.3, 0.4) is 0 Å². The van der Waals surface area contributed by atoms with Crippen LogP contribution in [-0.4, -0.2) is 54.1 Å². The number of carbonyl (C=O) groups is 1. The zero-order valence-electron chi connectivity index (χ0n) is 13.2. The zero-order valence-corrected chi connectivity index (χ0v) is 13.2. The van der Waals surface area contributed by atoms with Crippen molar-refractivity contribution in [1.82, 2.24) is 9.80 Å². The summed E-state index contributed by atoms with van der Waals surface area (Å²) >= 11 is 0. The first-order valence-corrected chi connectivity index (χ1v) is 7.60. The summed E-state index contributed by atoms with van der Waals surface area (Å²) < 4.78 is 0. The van der Waals surface area contributed by atoms with Crippen molar-refractivity contribution < 1.29 is 9.90 Å². The first-order valence-electron chi connectivity index (χ1n) is 7.60. The van der Waals surface area contributed by atoms with Crippen LogP contribution in [-0.2, 0) is 11.3 Å². The average Bonchev–Trinajstić information content (AvgIpc) is 2.39. The third kappa shape index (κ3) is 4.55. The number of amides is 1. The van der Waals surface area contributed by atoms with E-state index in [2.05, 4.69) is 24.0 Å². The molecule has 21 heavy (non-hydrogen) atoms. The van der Waals surface area contributed by atoms with E-state index in [4.69, 9.17) is 0 Å². The predicted octanol–water partition coefficient (Wildman–Crippen LogP) is 1.66. The molecule has 1 aromatic carbocycles. The third-order valence-electron chi connectivity index (χ3n) is 4.28. The standard InChI is InChI=1S/C17H26N2O2/c1-13-6-4-5-7-15(13)11-19(3)17(21)12-18(2)10-14-8-16(20)9-14/h4-7,14,16,20H,8-12H2,1-3H3. The van der Waals surface area contributed by atoms with Gasteiger partial charge < -0.3 is 10.0 Å². The number of carbonyl (C=O) groups excluding carboxylic acids is 1. The van der Waals surface area contributed by atoms with Gasteiger partial charge in [0, 0.05) is 20.1 Å². The molecule has 1 aromatic rings. The van der Waals surface area contributed by atoms with Gasteiger partial charge >= 0.3 is 0 Å². The van der Waals surface area contributed by atoms with Crippen LogP contribution in [0.4, 0.5) is 0 Å². The highest BCUT2D eigenvalue weighted by atomic mass is 16.3. The van der Waals surface area contributed by atoms with E-state index in [9.17, 15) is 9.90 Å². The smallest absolute Gasteiger partial charge is 0.236 e. The van der Waals surface area contributed by atoms with Crippen LogP contribution in [0.5, 0.6) is 0 Å². The molecule has 1 aliphatic rings. The van der Waals surface area contributed by atoms with Crippen LogP contribution in [0.1, 0.15) is 24.0 Å². The highest BCUT2D eigenvalue weighted by molar-refractivity contribution is 5.78. The summed E-state index contributed by atoms with van der Waals surface area (Å²) in [4.78, 5) is 16.1. The van der Waals surface area contributed by atoms with E-state index in [0.717, 1.165) is 19.4 Å². The van der Waals surface area contributed by atoms with Crippen molar-refractivity contribution in [3.8, 4) is 0 Å². The maximum absolute atomic E-state index is 12.3. The number of hydrogen-bond donors (Lipinski definition) is 1. The molecule has 1 fully saturated rings. The van der Waals surface area contributed by atoms with Gasteiger partial charge in [-0.15, -0.1) is 0 Å². The van der Waals surface area contributed by atoms with Gasteiger partial charge in [0.05, 0.1) is 12.6 Å². The highest BCUT2D eigenvalue weighted by Crippen LogP contribution is 2.27. The normalized spacial score (nSPS) is 21.2. The summed E-state index contributed by atoms with van der Waals surface area (Å²) in [6, 6.07) is 8.16. The third-order valence-corrected chi connectivity index (χ3v) is 4.28. The number of aryl methyl sites for hydroxylation is 1. The summed E-state index contributed by atoms with van der Waals surface area (Å²) in [6.07, 6.45) is 1.62. The van der Waals surface area contributed by atoms with Crippen molar-refractivity contribution in [3.63, 3.8) is 0 Å². The summed E-state index contributed by atoms with van der Waals surface area (Å²) in [5.74, 6) is 0.681. The summed E-state index contributed by atoms with van der Waals surface area (Å²) in [7, 11) is 3.83. The lowest BCUT2D eigenvalue weighted by Gasteiger charge is -2.34. The Bertz CT molecular complexity index is 483. The molecular weight excluding hydrogens is 264 g/mol. The molecule has 0 bridgehead atoms. The number of rotatable bonds is 6. The molecule has 2 rings (SSSR count). The molecule has 4 nitrogen and oxygen atoms in total. The van der Waals surface area contributed by atoms with E-state index < -0.39 is 0 Å². The maximum atomic E-state index is 12.3. The number of aliphatic hydroxyl groups is 1. The molecule has 0 aromatic heterocycles. The second-order valence-electron chi connectivity index (χ2n) is 6.36. The molecule has 4 heteroatoms. The van der Waals surface area contributed by atoms with E-state index in [0.29, 0.717) is 19.0 Å². The van der Waals surface area contributed by atoms with Crippen LogP contribution < -0.4 is 0 Å². The Labute approximate surface area is 127 Å². The number of nitrogens with zero attached hydrogens (tertiary/aromatic N) is 2. The molecule has 116 valence electrons. The fraction of sp³-hybridized carbons (Fsp3) is 0.588. The Morgan fingerprint density at radius 2 is 1.95 bits per heavy atom. The van der Waals surface area contributed by atoms with E-state index in [-0.39, 0.29) is 12.0 Å². The second kappa shape index (κ2) is 7.05. The van der Waals surface area contributed by atoms with Crippen molar-refractivity contribution in [2.75, 3.05) is 27.2 Å². The minimum absolute atomic E-state index is 0.122. The Morgan fingerprint density at radius 3 is 2.57 bits per heavy atom. The minimum atomic E-state index is -0.122. The molecule has 0 atom stereocenters. The van der Waals surface area contributed by atoms with Crippen molar-refractivity contribution in [2.45, 2.75) is 32.4 Å². The van der Waals surface area contributed by atoms with Gasteiger partial charge in [0.1, 0.15) is 0 Å². The molecule has 1 saturated carbocycles. The highest BCUT2D eigenvalue weighted by Gasteiger charge is 2.28. The average molecular weight is 290 g/mol. The lowest BCUT2D eigenvalue weighted by Crippen LogP contribution is -2.41. The molecule has 1 aliphatic carbocycles. The molecule has 0 aliphatic heterocycles. The van der Waals surface area contributed by atoms with E-state index in [1.165, 1.54) is 11.1 Å². The predicted molar refractivity (Wildman–Crippen MR) is 83.9 cm³/mol. The molecule has 0 unspecified atom stereocenters. The fourth-order valence-electron chi connectivity index (χ4n) is 2.84. The Hall–Kier alpha value is -1.39. The lowest BCUT2D eigenvalue weighted by molar-refractivity contribution is -0.131. The minimum Gasteiger partial charge on any atom is -0.393 e. The van der Waals surface area contributed by atoms with E-state index in [1.807, 2.05) is 26.2 Å². The number of likely N-dealkylation sites (N-methyl/N-ethyl adjacent to an activating group) is 2. The van der Waals surface area contributed by atoms with Crippen LogP contribution in [0.15, 0.2) is 24.3 Å². The Kier molecular flexibility index (Phi) is 5.37. The first kappa shape index (κ1) is 16.0. The summed E-state index contributed by atoms with van der Waals surface area (Å²) in [6.45, 7) is 4.05. The van der Waals surface area contributed by atoms with Crippen LogP contribution >= 0.6 is 0 Å². The van der Waals surface area contributed by atoms with Gasteiger partial charge in [0.2, 0.25) is 5.91 Å². The zero-order chi connectivity index (χ0) is 15.4. The summed E-state index contributed by atoms with van der Waals surface area (Å²) in [5.41, 5.74) is 2.41. The van der Waals surface area contributed by atoms with Crippen LogP contribution in [0, 0.1) is 12.8 Å². The largest absolute Gasteiger partial charge is 0.393 e. The van der Waals surface area contributed by atoms with Crippen molar-refractivity contribution in [2.24, 2.45) is 5.92 Å². The summed E-state index contributed by atoms with van der Waals surface area (Å²) in [5, 5.41) is 9.30. The van der Waals surface area contributed by atoms with Crippen molar-refractivity contribution >= 4 is 5.91 Å². The Morgan fingerprint density at radius 1 is 1.29 bits per heavy atom. The van der Waals surface area contributed by atoms with Crippen LogP contribution in [0.25, 0.3) is 0 Å². The van der Waals surface area contributed by atoms with Gasteiger partial charge in [-0.3, -0.25) is 9.69 Å². The Balaban J connectivity index is 1.78. The van der Waals surface area contributed by atoms with Crippen molar-refractivity contribution in [1.29, 1.82) is 0 Å². The molecule has 0 heterocycles. The van der Waals surface area contributed by atoms with E-state index in [1.54, 1.807) is 4.90 Å². The van der Waals surface area contributed by atoms with Crippen molar-refractivity contribution in [3.05, 3.63) is 35.4 Å². The van der Waals surface area contributed by atoms with Gasteiger partial charge in [-0.05, 0) is 43.9 Å². The molecule has 0 spiro atoms. The van der Waals surface area contributed by atoms with Gasteiger partial charge in [0.15, 0.2) is 0 Å². The fourth-order valence-corrected chi connectivity index (χ4v) is 2.84. The quantitative estimate of drug-likeness (QED) is 0.866. The molecule has 0 saturated heterocycles. The van der Waals surface area contributed by atoms with Crippen LogP contribution in [0.2, 0.25) is 0 Å². The van der Waals surface area contributed by atoms with Gasteiger partial charge in [-0.25, -0.2) is 0 Å². The van der Waals surface area contributed by atoms with Gasteiger partial charge in [-0.2, -0.15) is 0 Å². The van der Waals surface area contributed by atoms with Gasteiger partial charge in [-0.1, -0.05) is 24.3 Å². The molecule has 1 amide bonds. The number of aliphatic hydroxyl groups excluding tert-OH is 1. The SMILES string of the molecule is Cc1ccccc1CN(C)C(=O)CN(C)CC1CC(O)C1. The molecule has 0 radical (unpaired) electrons. The second-order valence-corrected chi connectivity index (χ2v) is 6.36. The monoisotopic (exact) mass is 290 g/mol. The number of hydrogen-bond acceptors (Lipinski definition) is 3.